The maximum atomic E-state index is 12.1. The zero-order chi connectivity index (χ0) is 27.8. The van der Waals surface area contributed by atoms with E-state index in [-0.39, 0.29) is 22.5 Å². The number of benzene rings is 2. The van der Waals surface area contributed by atoms with E-state index in [4.69, 9.17) is 25.8 Å². The average molecular weight is 557 g/mol. The van der Waals surface area contributed by atoms with Crippen LogP contribution in [0.3, 0.4) is 0 Å². The standard InChI is InChI=1S/C27H33ClN6O5/c1-32-12-14-33(15-13-32)11-6-16-39-23-18-19(17-22(37-2)25(23)38-3)30-26-29-10-9-24(31-26)34(27(35)36)21-8-5-4-7-20(21)28/h4-5,7-10,17-18H,6,11-16H2,1-3H3,(H,35,36)(H,29,30,31). The van der Waals surface area contributed by atoms with Gasteiger partial charge >= 0.3 is 6.09 Å². The molecular weight excluding hydrogens is 524 g/mol. The number of carbonyl (C=O) groups is 1. The minimum Gasteiger partial charge on any atom is -0.493 e. The van der Waals surface area contributed by atoms with Gasteiger partial charge in [0.05, 0.1) is 31.5 Å². The second-order valence-electron chi connectivity index (χ2n) is 8.99. The number of anilines is 4. The highest BCUT2D eigenvalue weighted by molar-refractivity contribution is 6.34. The van der Waals surface area contributed by atoms with Crippen LogP contribution in [-0.2, 0) is 0 Å². The number of aromatic nitrogens is 2. The van der Waals surface area contributed by atoms with Crippen LogP contribution in [0.5, 0.6) is 17.2 Å². The molecule has 2 heterocycles. The number of hydrogen-bond acceptors (Lipinski definition) is 9. The Bertz CT molecular complexity index is 1270. The van der Waals surface area contributed by atoms with E-state index in [0.717, 1.165) is 44.0 Å². The van der Waals surface area contributed by atoms with Gasteiger partial charge in [0.2, 0.25) is 11.7 Å². The first-order valence-electron chi connectivity index (χ1n) is 12.6. The summed E-state index contributed by atoms with van der Waals surface area (Å²) in [5.74, 6) is 1.77. The van der Waals surface area contributed by atoms with E-state index in [0.29, 0.717) is 29.5 Å². The third-order valence-corrected chi connectivity index (χ3v) is 6.65. The molecule has 208 valence electrons. The number of amides is 1. The SMILES string of the molecule is COc1cc(Nc2nccc(N(C(=O)O)c3ccccc3Cl)n2)cc(OCCCN2CCN(C)CC2)c1OC. The Morgan fingerprint density at radius 2 is 1.85 bits per heavy atom. The Morgan fingerprint density at radius 1 is 1.10 bits per heavy atom. The quantitative estimate of drug-likeness (QED) is 0.322. The fourth-order valence-electron chi connectivity index (χ4n) is 4.27. The molecule has 0 spiro atoms. The molecule has 0 atom stereocenters. The smallest absolute Gasteiger partial charge is 0.417 e. The van der Waals surface area contributed by atoms with Crippen LogP contribution in [-0.4, -0.2) is 91.6 Å². The highest BCUT2D eigenvalue weighted by atomic mass is 35.5. The number of methoxy groups -OCH3 is 2. The Balaban J connectivity index is 1.50. The highest BCUT2D eigenvalue weighted by Crippen LogP contribution is 2.41. The van der Waals surface area contributed by atoms with E-state index in [1.54, 1.807) is 50.6 Å². The summed E-state index contributed by atoms with van der Waals surface area (Å²) in [6.07, 6.45) is 1.10. The molecule has 0 bridgehead atoms. The largest absolute Gasteiger partial charge is 0.493 e. The first-order chi connectivity index (χ1) is 18.9. The summed E-state index contributed by atoms with van der Waals surface area (Å²) in [6, 6.07) is 11.6. The van der Waals surface area contributed by atoms with E-state index < -0.39 is 6.09 Å². The number of hydrogen-bond donors (Lipinski definition) is 2. The van der Waals surface area contributed by atoms with E-state index in [1.165, 1.54) is 12.3 Å². The third kappa shape index (κ3) is 7.20. The molecule has 2 aromatic carbocycles. The van der Waals surface area contributed by atoms with Crippen LogP contribution in [0.2, 0.25) is 5.02 Å². The van der Waals surface area contributed by atoms with Gasteiger partial charge in [-0.05, 0) is 25.6 Å². The number of nitrogens with one attached hydrogen (secondary N) is 1. The molecule has 11 nitrogen and oxygen atoms in total. The number of piperazine rings is 1. The number of para-hydroxylation sites is 1. The van der Waals surface area contributed by atoms with Gasteiger partial charge in [-0.3, -0.25) is 0 Å². The van der Waals surface area contributed by atoms with Gasteiger partial charge in [0.1, 0.15) is 5.82 Å². The molecule has 1 saturated heterocycles. The normalized spacial score (nSPS) is 14.1. The van der Waals surface area contributed by atoms with Crippen molar-refractivity contribution >= 4 is 40.8 Å². The monoisotopic (exact) mass is 556 g/mol. The summed E-state index contributed by atoms with van der Waals surface area (Å²) < 4.78 is 17.2. The van der Waals surface area contributed by atoms with Gasteiger partial charge in [-0.2, -0.15) is 4.98 Å². The van der Waals surface area contributed by atoms with Crippen LogP contribution < -0.4 is 24.4 Å². The van der Waals surface area contributed by atoms with Crippen molar-refractivity contribution in [2.24, 2.45) is 0 Å². The van der Waals surface area contributed by atoms with Crippen molar-refractivity contribution in [2.45, 2.75) is 6.42 Å². The van der Waals surface area contributed by atoms with E-state index in [9.17, 15) is 9.90 Å². The van der Waals surface area contributed by atoms with Crippen molar-refractivity contribution < 1.29 is 24.1 Å². The van der Waals surface area contributed by atoms with Gasteiger partial charge in [-0.15, -0.1) is 0 Å². The minimum absolute atomic E-state index is 0.133. The molecule has 12 heteroatoms. The average Bonchev–Trinajstić information content (AvgIpc) is 2.93. The number of carboxylic acid groups (broad SMARTS) is 1. The van der Waals surface area contributed by atoms with Crippen LogP contribution in [0.15, 0.2) is 48.7 Å². The highest BCUT2D eigenvalue weighted by Gasteiger charge is 2.22. The molecule has 0 radical (unpaired) electrons. The summed E-state index contributed by atoms with van der Waals surface area (Å²) in [6.45, 7) is 5.73. The molecule has 1 aliphatic rings. The van der Waals surface area contributed by atoms with E-state index in [2.05, 4.69) is 32.1 Å². The first kappa shape index (κ1) is 28.2. The zero-order valence-electron chi connectivity index (χ0n) is 22.3. The predicted octanol–water partition coefficient (Wildman–Crippen LogP) is 4.72. The second-order valence-corrected chi connectivity index (χ2v) is 9.40. The van der Waals surface area contributed by atoms with Crippen LogP contribution in [0.25, 0.3) is 0 Å². The van der Waals surface area contributed by atoms with Gasteiger partial charge in [0.25, 0.3) is 0 Å². The van der Waals surface area contributed by atoms with Crippen LogP contribution in [0.4, 0.5) is 27.9 Å². The molecule has 2 N–H and O–H groups in total. The Kier molecular flexibility index (Phi) is 9.64. The predicted molar refractivity (Wildman–Crippen MR) is 151 cm³/mol. The lowest BCUT2D eigenvalue weighted by Gasteiger charge is -2.32. The van der Waals surface area contributed by atoms with Gasteiger partial charge in [-0.1, -0.05) is 23.7 Å². The van der Waals surface area contributed by atoms with Crippen LogP contribution >= 0.6 is 11.6 Å². The maximum absolute atomic E-state index is 12.1. The number of rotatable bonds is 11. The summed E-state index contributed by atoms with van der Waals surface area (Å²) >= 11 is 6.26. The van der Waals surface area contributed by atoms with Crippen molar-refractivity contribution in [3.05, 3.63) is 53.7 Å². The van der Waals surface area contributed by atoms with Gasteiger partial charge in [-0.25, -0.2) is 14.7 Å². The third-order valence-electron chi connectivity index (χ3n) is 6.33. The van der Waals surface area contributed by atoms with Crippen LogP contribution in [0.1, 0.15) is 6.42 Å². The molecular formula is C27H33ClN6O5. The zero-order valence-corrected chi connectivity index (χ0v) is 23.0. The molecule has 0 unspecified atom stereocenters. The summed E-state index contributed by atoms with van der Waals surface area (Å²) in [7, 11) is 5.25. The molecule has 3 aromatic rings. The minimum atomic E-state index is -1.23. The Hall–Kier alpha value is -3.80. The number of nitrogens with zero attached hydrogens (tertiary/aromatic N) is 5. The van der Waals surface area contributed by atoms with E-state index >= 15 is 0 Å². The topological polar surface area (TPSA) is 113 Å². The maximum Gasteiger partial charge on any atom is 0.417 e. The number of likely N-dealkylation sites (N-methyl/N-ethyl adjacent to an activating group) is 1. The molecule has 0 aliphatic carbocycles. The lowest BCUT2D eigenvalue weighted by Crippen LogP contribution is -2.44. The Labute approximate surface area is 232 Å². The molecule has 1 aliphatic heterocycles. The van der Waals surface area contributed by atoms with Gasteiger partial charge in [0.15, 0.2) is 11.5 Å². The van der Waals surface area contributed by atoms with Crippen molar-refractivity contribution in [3.8, 4) is 17.2 Å². The molecule has 1 aromatic heterocycles. The lowest BCUT2D eigenvalue weighted by molar-refractivity contribution is 0.145. The Morgan fingerprint density at radius 3 is 2.54 bits per heavy atom. The number of ether oxygens (including phenoxy) is 3. The van der Waals surface area contributed by atoms with Crippen molar-refractivity contribution in [3.63, 3.8) is 0 Å². The van der Waals surface area contributed by atoms with Gasteiger partial charge in [0, 0.05) is 62.8 Å². The summed E-state index contributed by atoms with van der Waals surface area (Å²) in [5.41, 5.74) is 0.869. The summed E-state index contributed by atoms with van der Waals surface area (Å²) in [5, 5.41) is 13.3. The van der Waals surface area contributed by atoms with Crippen molar-refractivity contribution in [1.29, 1.82) is 0 Å². The van der Waals surface area contributed by atoms with Crippen LogP contribution in [0, 0.1) is 0 Å². The molecule has 0 saturated carbocycles. The molecule has 1 fully saturated rings. The number of halogens is 1. The fourth-order valence-corrected chi connectivity index (χ4v) is 4.49. The lowest BCUT2D eigenvalue weighted by atomic mass is 10.2. The van der Waals surface area contributed by atoms with E-state index in [1.807, 2.05) is 0 Å². The first-order valence-corrected chi connectivity index (χ1v) is 12.9. The summed E-state index contributed by atoms with van der Waals surface area (Å²) in [4.78, 5) is 26.5. The van der Waals surface area contributed by atoms with Crippen molar-refractivity contribution in [1.82, 2.24) is 19.8 Å². The van der Waals surface area contributed by atoms with Gasteiger partial charge < -0.3 is 34.4 Å². The fraction of sp³-hybridized carbons (Fsp3) is 0.370. The molecule has 39 heavy (non-hydrogen) atoms. The van der Waals surface area contributed by atoms with Crippen molar-refractivity contribution in [2.75, 3.05) is 70.8 Å². The second kappa shape index (κ2) is 13.3. The molecule has 4 rings (SSSR count). The molecule has 1 amide bonds.